The Hall–Kier alpha value is -3.88. The van der Waals surface area contributed by atoms with Crippen molar-refractivity contribution < 1.29 is 24.2 Å². The second-order valence-electron chi connectivity index (χ2n) is 8.25. The fourth-order valence-corrected chi connectivity index (χ4v) is 5.48. The number of halogens is 1. The molecule has 1 aliphatic heterocycles. The van der Waals surface area contributed by atoms with E-state index in [4.69, 9.17) is 21.1 Å². The van der Waals surface area contributed by atoms with Crippen molar-refractivity contribution in [1.29, 1.82) is 0 Å². The Morgan fingerprint density at radius 3 is 2.47 bits per heavy atom. The molecule has 4 aromatic rings. The molecule has 36 heavy (non-hydrogen) atoms. The number of hydrogen-bond donors (Lipinski definition) is 1. The molecule has 0 bridgehead atoms. The summed E-state index contributed by atoms with van der Waals surface area (Å²) in [7, 11) is 3.02. The molecule has 7 nitrogen and oxygen atoms in total. The van der Waals surface area contributed by atoms with Gasteiger partial charge in [0.2, 0.25) is 0 Å². The fraction of sp³-hybridized carbons (Fsp3) is 0.148. The van der Waals surface area contributed by atoms with Crippen LogP contribution in [0.1, 0.15) is 22.7 Å². The second-order valence-corrected chi connectivity index (χ2v) is 9.70. The van der Waals surface area contributed by atoms with Crippen molar-refractivity contribution in [2.45, 2.75) is 13.0 Å². The zero-order chi connectivity index (χ0) is 25.6. The van der Waals surface area contributed by atoms with E-state index in [-0.39, 0.29) is 11.3 Å². The summed E-state index contributed by atoms with van der Waals surface area (Å²) in [4.78, 5) is 32.9. The van der Waals surface area contributed by atoms with Crippen molar-refractivity contribution in [3.05, 3.63) is 87.9 Å². The molecule has 2 heterocycles. The first kappa shape index (κ1) is 23.8. The van der Waals surface area contributed by atoms with Crippen LogP contribution in [-0.2, 0) is 9.59 Å². The summed E-state index contributed by atoms with van der Waals surface area (Å²) < 4.78 is 11.9. The molecule has 1 aliphatic rings. The van der Waals surface area contributed by atoms with Crippen molar-refractivity contribution in [3.63, 3.8) is 0 Å². The molecule has 1 N–H and O–H groups in total. The highest BCUT2D eigenvalue weighted by Crippen LogP contribution is 2.47. The number of benzene rings is 3. The third kappa shape index (κ3) is 3.98. The number of anilines is 1. The molecule has 1 aromatic heterocycles. The highest BCUT2D eigenvalue weighted by Gasteiger charge is 2.49. The number of aliphatic hydroxyl groups is 1. The van der Waals surface area contributed by atoms with Gasteiger partial charge in [-0.1, -0.05) is 29.0 Å². The quantitative estimate of drug-likeness (QED) is 0.200. The molecule has 1 amide bonds. The van der Waals surface area contributed by atoms with Crippen LogP contribution in [0.25, 0.3) is 16.0 Å². The maximum absolute atomic E-state index is 13.5. The number of thiazole rings is 1. The van der Waals surface area contributed by atoms with Crippen LogP contribution in [-0.4, -0.2) is 36.0 Å². The Labute approximate surface area is 216 Å². The van der Waals surface area contributed by atoms with Crippen molar-refractivity contribution in [2.24, 2.45) is 0 Å². The van der Waals surface area contributed by atoms with Crippen LogP contribution in [0.15, 0.2) is 66.2 Å². The third-order valence-electron chi connectivity index (χ3n) is 6.03. The van der Waals surface area contributed by atoms with E-state index in [1.165, 1.54) is 30.5 Å². The fourth-order valence-electron chi connectivity index (χ4n) is 4.26. The lowest BCUT2D eigenvalue weighted by Gasteiger charge is -2.25. The van der Waals surface area contributed by atoms with Gasteiger partial charge in [-0.05, 0) is 67.1 Å². The molecule has 1 fully saturated rings. The summed E-state index contributed by atoms with van der Waals surface area (Å²) in [5, 5.41) is 12.1. The first-order valence-corrected chi connectivity index (χ1v) is 12.2. The molecule has 0 spiro atoms. The van der Waals surface area contributed by atoms with Crippen LogP contribution in [0.2, 0.25) is 5.02 Å². The Balaban J connectivity index is 1.78. The normalized spacial score (nSPS) is 17.1. The minimum atomic E-state index is -1.01. The molecular formula is C27H21ClN2O5S. The largest absolute Gasteiger partial charge is 0.507 e. The van der Waals surface area contributed by atoms with Gasteiger partial charge in [-0.2, -0.15) is 0 Å². The average Bonchev–Trinajstić information content (AvgIpc) is 3.41. The Morgan fingerprint density at radius 1 is 1.03 bits per heavy atom. The lowest BCUT2D eigenvalue weighted by atomic mass is 9.94. The molecule has 0 unspecified atom stereocenters. The number of aryl methyl sites for hydroxylation is 1. The Morgan fingerprint density at radius 2 is 1.78 bits per heavy atom. The van der Waals surface area contributed by atoms with Gasteiger partial charge in [-0.25, -0.2) is 4.98 Å². The standard InChI is InChI=1S/C27H21ClN2O5S/c1-14-4-10-19-21(12-14)36-27(29-19)30-23(18-13-17(34-2)9-11-20(18)35-3)22(25(32)26(30)33)24(31)15-5-7-16(28)8-6-15/h4-13,23,31H,1-3H3/b24-22+/t23-/m0/s1. The van der Waals surface area contributed by atoms with Crippen LogP contribution >= 0.6 is 22.9 Å². The Kier molecular flexibility index (Phi) is 6.15. The highest BCUT2D eigenvalue weighted by molar-refractivity contribution is 7.22. The predicted molar refractivity (Wildman–Crippen MR) is 140 cm³/mol. The number of hydrogen-bond acceptors (Lipinski definition) is 7. The smallest absolute Gasteiger partial charge is 0.301 e. The summed E-state index contributed by atoms with van der Waals surface area (Å²) in [6.07, 6.45) is 0. The van der Waals surface area contributed by atoms with Crippen LogP contribution in [0.4, 0.5) is 5.13 Å². The number of fused-ring (bicyclic) bond motifs is 1. The molecule has 0 radical (unpaired) electrons. The van der Waals surface area contributed by atoms with Gasteiger partial charge in [0.05, 0.1) is 30.0 Å². The summed E-state index contributed by atoms with van der Waals surface area (Å²) in [6.45, 7) is 1.97. The van der Waals surface area contributed by atoms with Crippen LogP contribution < -0.4 is 14.4 Å². The summed E-state index contributed by atoms with van der Waals surface area (Å²) in [6, 6.07) is 16.2. The van der Waals surface area contributed by atoms with Crippen molar-refractivity contribution in [2.75, 3.05) is 19.1 Å². The van der Waals surface area contributed by atoms with E-state index in [2.05, 4.69) is 4.98 Å². The summed E-state index contributed by atoms with van der Waals surface area (Å²) in [5.74, 6) is -1.02. The van der Waals surface area contributed by atoms with Gasteiger partial charge >= 0.3 is 5.91 Å². The number of nitrogens with zero attached hydrogens (tertiary/aromatic N) is 2. The van der Waals surface area contributed by atoms with E-state index in [9.17, 15) is 14.7 Å². The molecule has 182 valence electrons. The SMILES string of the molecule is COc1ccc(OC)c([C@H]2/C(=C(\O)c3ccc(Cl)cc3)C(=O)C(=O)N2c2nc3ccc(C)cc3s2)c1. The van der Waals surface area contributed by atoms with Crippen molar-refractivity contribution >= 4 is 55.7 Å². The van der Waals surface area contributed by atoms with E-state index in [1.807, 2.05) is 25.1 Å². The van der Waals surface area contributed by atoms with Crippen molar-refractivity contribution in [1.82, 2.24) is 4.98 Å². The van der Waals surface area contributed by atoms with Crippen molar-refractivity contribution in [3.8, 4) is 11.5 Å². The van der Waals surface area contributed by atoms with Crippen LogP contribution in [0, 0.1) is 6.92 Å². The number of rotatable bonds is 5. The minimum Gasteiger partial charge on any atom is -0.507 e. The van der Waals surface area contributed by atoms with Crippen LogP contribution in [0.3, 0.4) is 0 Å². The van der Waals surface area contributed by atoms with Gasteiger partial charge in [0.25, 0.3) is 5.78 Å². The molecule has 0 aliphatic carbocycles. The van der Waals surface area contributed by atoms with E-state index < -0.39 is 17.7 Å². The molecule has 9 heteroatoms. The number of ether oxygens (including phenoxy) is 2. The summed E-state index contributed by atoms with van der Waals surface area (Å²) in [5.41, 5.74) is 2.50. The van der Waals surface area contributed by atoms with Crippen LogP contribution in [0.5, 0.6) is 11.5 Å². The van der Waals surface area contributed by atoms with Gasteiger partial charge in [0.15, 0.2) is 5.13 Å². The first-order valence-electron chi connectivity index (χ1n) is 11.0. The minimum absolute atomic E-state index is 0.0793. The zero-order valence-corrected chi connectivity index (χ0v) is 21.2. The lowest BCUT2D eigenvalue weighted by Crippen LogP contribution is -2.29. The van der Waals surface area contributed by atoms with E-state index in [1.54, 1.807) is 42.5 Å². The number of amides is 1. The maximum atomic E-state index is 13.5. The number of carbonyl (C=O) groups excluding carboxylic acids is 2. The van der Waals surface area contributed by atoms with Gasteiger partial charge in [0.1, 0.15) is 23.3 Å². The van der Waals surface area contributed by atoms with Gasteiger partial charge < -0.3 is 14.6 Å². The molecule has 1 saturated heterocycles. The molecular weight excluding hydrogens is 500 g/mol. The number of aliphatic hydroxyl groups excluding tert-OH is 1. The number of methoxy groups -OCH3 is 2. The van der Waals surface area contributed by atoms with Gasteiger partial charge in [0, 0.05) is 16.1 Å². The van der Waals surface area contributed by atoms with E-state index >= 15 is 0 Å². The highest BCUT2D eigenvalue weighted by atomic mass is 35.5. The zero-order valence-electron chi connectivity index (χ0n) is 19.6. The molecule has 0 saturated carbocycles. The van der Waals surface area contributed by atoms with E-state index in [0.29, 0.717) is 38.3 Å². The monoisotopic (exact) mass is 520 g/mol. The maximum Gasteiger partial charge on any atom is 0.301 e. The van der Waals surface area contributed by atoms with Gasteiger partial charge in [-0.15, -0.1) is 0 Å². The molecule has 3 aromatic carbocycles. The average molecular weight is 521 g/mol. The number of carbonyl (C=O) groups is 2. The summed E-state index contributed by atoms with van der Waals surface area (Å²) >= 11 is 7.31. The third-order valence-corrected chi connectivity index (χ3v) is 7.30. The number of aromatic nitrogens is 1. The Bertz CT molecular complexity index is 1540. The molecule has 5 rings (SSSR count). The second kappa shape index (κ2) is 9.29. The number of Topliss-reactive ketones (excluding diaryl/α,β-unsaturated/α-hetero) is 1. The number of ketones is 1. The molecule has 1 atom stereocenters. The first-order chi connectivity index (χ1) is 17.3. The topological polar surface area (TPSA) is 89.0 Å². The van der Waals surface area contributed by atoms with Gasteiger partial charge in [-0.3, -0.25) is 14.5 Å². The van der Waals surface area contributed by atoms with E-state index in [0.717, 1.165) is 10.3 Å². The lowest BCUT2D eigenvalue weighted by molar-refractivity contribution is -0.132. The predicted octanol–water partition coefficient (Wildman–Crippen LogP) is 5.90.